The number of anilines is 3. The van der Waals surface area contributed by atoms with Crippen LogP contribution in [0, 0.1) is 0 Å². The number of pyridine rings is 1. The predicted molar refractivity (Wildman–Crippen MR) is 155 cm³/mol. The van der Waals surface area contributed by atoms with Crippen molar-refractivity contribution in [1.82, 2.24) is 39.8 Å². The molecule has 4 heterocycles. The van der Waals surface area contributed by atoms with Crippen LogP contribution in [0.5, 0.6) is 0 Å². The molecule has 2 aliphatic rings. The summed E-state index contributed by atoms with van der Waals surface area (Å²) in [7, 11) is 1.90. The van der Waals surface area contributed by atoms with Crippen molar-refractivity contribution in [3.05, 3.63) is 59.7 Å². The number of carbonyl (C=O) groups excluding carboxylic acids is 2. The molecule has 0 saturated heterocycles. The summed E-state index contributed by atoms with van der Waals surface area (Å²) in [6.45, 7) is 0.388. The number of urea groups is 1. The lowest BCUT2D eigenvalue weighted by atomic mass is 9.91. The molecule has 2 saturated carbocycles. The summed E-state index contributed by atoms with van der Waals surface area (Å²) in [5.74, 6) is 0.305. The third kappa shape index (κ3) is 6.68. The standard InChI is InChI=1S/C27H32ClN11O2/c1-38-14-20(32-15-38)12-31-27(41)36-18-6-4-17(5-7-18)34-24-11-21(33-16-2-3-16)25-30-13-22(39(25)37-24)26(40)35-19-8-9-29-23(28)10-19/h8-11,13-18,33H,2-7,12H2,1H3,(H,34,37)(H,29,35,40)(H2,31,36,41)/t17-,18-. The molecule has 2 fully saturated rings. The highest BCUT2D eigenvalue weighted by atomic mass is 35.5. The third-order valence-electron chi connectivity index (χ3n) is 7.22. The Kier molecular flexibility index (Phi) is 7.59. The Bertz CT molecular complexity index is 1560. The SMILES string of the molecule is Cn1cnc(CNC(=O)N[C@H]2CC[C@H](Nc3cc(NC4CC4)c4ncc(C(=O)Nc5ccnc(Cl)c5)n4n3)CC2)c1. The van der Waals surface area contributed by atoms with Gasteiger partial charge in [0.2, 0.25) is 0 Å². The molecule has 0 bridgehead atoms. The maximum atomic E-state index is 13.1. The third-order valence-corrected chi connectivity index (χ3v) is 7.43. The number of carbonyl (C=O) groups is 2. The Balaban J connectivity index is 1.10. The first kappa shape index (κ1) is 26.8. The van der Waals surface area contributed by atoms with Gasteiger partial charge < -0.3 is 31.2 Å². The van der Waals surface area contributed by atoms with Crippen LogP contribution in [0.4, 0.5) is 22.0 Å². The summed E-state index contributed by atoms with van der Waals surface area (Å²) in [6, 6.07) is 5.71. The molecule has 41 heavy (non-hydrogen) atoms. The van der Waals surface area contributed by atoms with Gasteiger partial charge in [0.25, 0.3) is 5.91 Å². The summed E-state index contributed by atoms with van der Waals surface area (Å²) in [5, 5.41) is 20.9. The molecule has 5 N–H and O–H groups in total. The number of amides is 3. The van der Waals surface area contributed by atoms with Crippen LogP contribution in [0.2, 0.25) is 5.15 Å². The minimum atomic E-state index is -0.352. The van der Waals surface area contributed by atoms with Gasteiger partial charge in [-0.1, -0.05) is 11.6 Å². The zero-order valence-electron chi connectivity index (χ0n) is 22.6. The molecular formula is C27H32ClN11O2. The number of nitrogens with zero attached hydrogens (tertiary/aromatic N) is 6. The first-order valence-corrected chi connectivity index (χ1v) is 14.1. The molecule has 0 aromatic carbocycles. The Hall–Kier alpha value is -4.39. The summed E-state index contributed by atoms with van der Waals surface area (Å²) in [4.78, 5) is 38.2. The Morgan fingerprint density at radius 2 is 1.76 bits per heavy atom. The number of aryl methyl sites for hydroxylation is 1. The van der Waals surface area contributed by atoms with Crippen molar-refractivity contribution in [3.8, 4) is 0 Å². The Morgan fingerprint density at radius 3 is 2.49 bits per heavy atom. The quantitative estimate of drug-likeness (QED) is 0.189. The van der Waals surface area contributed by atoms with Crippen molar-refractivity contribution in [1.29, 1.82) is 0 Å². The van der Waals surface area contributed by atoms with E-state index in [1.807, 2.05) is 23.9 Å². The van der Waals surface area contributed by atoms with Crippen LogP contribution in [-0.2, 0) is 13.6 Å². The number of halogens is 1. The molecular weight excluding hydrogens is 546 g/mol. The van der Waals surface area contributed by atoms with Crippen LogP contribution < -0.4 is 26.6 Å². The molecule has 2 aliphatic carbocycles. The normalized spacial score (nSPS) is 18.6. The molecule has 13 nitrogen and oxygen atoms in total. The average Bonchev–Trinajstić information content (AvgIpc) is 3.49. The molecule has 0 spiro atoms. The fourth-order valence-corrected chi connectivity index (χ4v) is 5.15. The number of aromatic nitrogens is 6. The number of hydrogen-bond donors (Lipinski definition) is 5. The Labute approximate surface area is 241 Å². The molecule has 4 aromatic rings. The maximum Gasteiger partial charge on any atom is 0.315 e. The highest BCUT2D eigenvalue weighted by Gasteiger charge is 2.26. The van der Waals surface area contributed by atoms with Crippen molar-refractivity contribution < 1.29 is 9.59 Å². The minimum Gasteiger partial charge on any atom is -0.379 e. The number of imidazole rings is 2. The van der Waals surface area contributed by atoms with E-state index in [0.29, 0.717) is 35.4 Å². The van der Waals surface area contributed by atoms with Gasteiger partial charge in [-0.25, -0.2) is 24.3 Å². The van der Waals surface area contributed by atoms with Crippen molar-refractivity contribution >= 4 is 46.4 Å². The summed E-state index contributed by atoms with van der Waals surface area (Å²) < 4.78 is 3.42. The van der Waals surface area contributed by atoms with Gasteiger partial charge in [-0.2, -0.15) is 0 Å². The smallest absolute Gasteiger partial charge is 0.315 e. The highest BCUT2D eigenvalue weighted by Crippen LogP contribution is 2.30. The van der Waals surface area contributed by atoms with E-state index < -0.39 is 0 Å². The molecule has 14 heteroatoms. The first-order chi connectivity index (χ1) is 19.9. The second-order valence-corrected chi connectivity index (χ2v) is 11.0. The van der Waals surface area contributed by atoms with E-state index in [1.165, 1.54) is 12.4 Å². The molecule has 4 aromatic heterocycles. The zero-order valence-corrected chi connectivity index (χ0v) is 23.4. The lowest BCUT2D eigenvalue weighted by molar-refractivity contribution is 0.102. The van der Waals surface area contributed by atoms with Crippen LogP contribution in [0.25, 0.3) is 5.65 Å². The second-order valence-electron chi connectivity index (χ2n) is 10.6. The Morgan fingerprint density at radius 1 is 1.00 bits per heavy atom. The molecule has 0 aliphatic heterocycles. The monoisotopic (exact) mass is 577 g/mol. The molecule has 0 atom stereocenters. The lowest BCUT2D eigenvalue weighted by Gasteiger charge is -2.30. The first-order valence-electron chi connectivity index (χ1n) is 13.8. The second kappa shape index (κ2) is 11.6. The van der Waals surface area contributed by atoms with Crippen LogP contribution in [0.15, 0.2) is 43.1 Å². The fourth-order valence-electron chi connectivity index (χ4n) is 4.98. The zero-order chi connectivity index (χ0) is 28.3. The van der Waals surface area contributed by atoms with Crippen LogP contribution >= 0.6 is 11.6 Å². The van der Waals surface area contributed by atoms with Crippen molar-refractivity contribution in [2.24, 2.45) is 7.05 Å². The molecule has 0 unspecified atom stereocenters. The van der Waals surface area contributed by atoms with E-state index in [1.54, 1.807) is 23.0 Å². The minimum absolute atomic E-state index is 0.102. The summed E-state index contributed by atoms with van der Waals surface area (Å²) >= 11 is 5.97. The number of nitrogens with one attached hydrogen (secondary N) is 5. The van der Waals surface area contributed by atoms with E-state index in [0.717, 1.165) is 49.9 Å². The maximum absolute atomic E-state index is 13.1. The molecule has 214 valence electrons. The van der Waals surface area contributed by atoms with E-state index in [-0.39, 0.29) is 29.2 Å². The molecule has 3 amide bonds. The summed E-state index contributed by atoms with van der Waals surface area (Å²) in [6.07, 6.45) is 12.3. The number of fused-ring (bicyclic) bond motifs is 1. The van der Waals surface area contributed by atoms with Gasteiger partial charge in [-0.15, -0.1) is 5.10 Å². The highest BCUT2D eigenvalue weighted by molar-refractivity contribution is 6.29. The van der Waals surface area contributed by atoms with E-state index >= 15 is 0 Å². The number of rotatable bonds is 9. The van der Waals surface area contributed by atoms with Gasteiger partial charge in [0, 0.05) is 49.3 Å². The van der Waals surface area contributed by atoms with Gasteiger partial charge >= 0.3 is 6.03 Å². The van der Waals surface area contributed by atoms with Gasteiger partial charge in [-0.05, 0) is 50.7 Å². The van der Waals surface area contributed by atoms with Crippen molar-refractivity contribution in [2.45, 2.75) is 63.2 Å². The topological polar surface area (TPSA) is 155 Å². The van der Waals surface area contributed by atoms with Gasteiger partial charge in [0.15, 0.2) is 11.3 Å². The molecule has 6 rings (SSSR count). The largest absolute Gasteiger partial charge is 0.379 e. The molecule has 0 radical (unpaired) electrons. The lowest BCUT2D eigenvalue weighted by Crippen LogP contribution is -2.44. The van der Waals surface area contributed by atoms with Gasteiger partial charge in [-0.3, -0.25) is 4.79 Å². The van der Waals surface area contributed by atoms with E-state index in [4.69, 9.17) is 16.7 Å². The van der Waals surface area contributed by atoms with Crippen LogP contribution in [0.1, 0.15) is 54.7 Å². The van der Waals surface area contributed by atoms with Crippen LogP contribution in [-0.4, -0.2) is 59.2 Å². The van der Waals surface area contributed by atoms with E-state index in [9.17, 15) is 9.59 Å². The van der Waals surface area contributed by atoms with E-state index in [2.05, 4.69) is 41.5 Å². The van der Waals surface area contributed by atoms with Crippen LogP contribution in [0.3, 0.4) is 0 Å². The van der Waals surface area contributed by atoms with Gasteiger partial charge in [0.1, 0.15) is 11.0 Å². The van der Waals surface area contributed by atoms with Gasteiger partial charge in [0.05, 0.1) is 30.5 Å². The van der Waals surface area contributed by atoms with Crippen molar-refractivity contribution in [2.75, 3.05) is 16.0 Å². The summed E-state index contributed by atoms with van der Waals surface area (Å²) in [5.41, 5.74) is 3.07. The van der Waals surface area contributed by atoms with Crippen molar-refractivity contribution in [3.63, 3.8) is 0 Å². The number of hydrogen-bond acceptors (Lipinski definition) is 8. The fraction of sp³-hybridized carbons (Fsp3) is 0.407. The predicted octanol–water partition coefficient (Wildman–Crippen LogP) is 3.56. The average molecular weight is 578 g/mol.